The van der Waals surface area contributed by atoms with Crippen LogP contribution in [0.5, 0.6) is 0 Å². The summed E-state index contributed by atoms with van der Waals surface area (Å²) in [4.78, 5) is 1.30. The Kier molecular flexibility index (Phi) is 5.64. The van der Waals surface area contributed by atoms with Crippen LogP contribution in [0.15, 0.2) is 21.6 Å². The van der Waals surface area contributed by atoms with Gasteiger partial charge in [0.25, 0.3) is 0 Å². The van der Waals surface area contributed by atoms with E-state index in [1.165, 1.54) is 42.8 Å². The molecule has 1 unspecified atom stereocenters. The third-order valence-corrected chi connectivity index (χ3v) is 5.18. The molecule has 1 aliphatic carbocycles. The lowest BCUT2D eigenvalue weighted by Crippen LogP contribution is -2.39. The van der Waals surface area contributed by atoms with Crippen LogP contribution in [0.25, 0.3) is 0 Å². The van der Waals surface area contributed by atoms with Gasteiger partial charge in [-0.25, -0.2) is 0 Å². The van der Waals surface area contributed by atoms with Crippen molar-refractivity contribution in [3.05, 3.63) is 18.1 Å². The molecule has 0 aliphatic heterocycles. The molecule has 0 spiro atoms. The molecule has 0 radical (unpaired) electrons. The SMILES string of the molecule is CCNC(CSc1ccoc1C)C1CCCCC1. The second-order valence-electron chi connectivity index (χ2n) is 5.21. The van der Waals surface area contributed by atoms with Gasteiger partial charge in [0, 0.05) is 16.7 Å². The minimum atomic E-state index is 0.662. The average Bonchev–Trinajstić information content (AvgIpc) is 2.81. The summed E-state index contributed by atoms with van der Waals surface area (Å²) in [5, 5.41) is 3.68. The molecule has 102 valence electrons. The van der Waals surface area contributed by atoms with Gasteiger partial charge in [0.1, 0.15) is 5.76 Å². The van der Waals surface area contributed by atoms with Crippen molar-refractivity contribution in [1.29, 1.82) is 0 Å². The molecule has 1 aromatic heterocycles. The van der Waals surface area contributed by atoms with Crippen molar-refractivity contribution in [2.75, 3.05) is 12.3 Å². The number of furan rings is 1. The van der Waals surface area contributed by atoms with E-state index in [1.807, 2.05) is 18.7 Å². The summed E-state index contributed by atoms with van der Waals surface area (Å²) in [5.41, 5.74) is 0. The van der Waals surface area contributed by atoms with E-state index < -0.39 is 0 Å². The molecule has 2 rings (SSSR count). The number of thioether (sulfide) groups is 1. The zero-order valence-electron chi connectivity index (χ0n) is 11.6. The van der Waals surface area contributed by atoms with E-state index in [9.17, 15) is 0 Å². The molecule has 1 heterocycles. The van der Waals surface area contributed by atoms with Crippen LogP contribution in [0.4, 0.5) is 0 Å². The Morgan fingerprint density at radius 2 is 2.17 bits per heavy atom. The van der Waals surface area contributed by atoms with E-state index in [1.54, 1.807) is 6.26 Å². The first-order valence-corrected chi connectivity index (χ1v) is 8.20. The molecule has 1 aromatic rings. The maximum Gasteiger partial charge on any atom is 0.114 e. The van der Waals surface area contributed by atoms with Crippen LogP contribution in [0.1, 0.15) is 44.8 Å². The Bertz CT molecular complexity index is 344. The lowest BCUT2D eigenvalue weighted by atomic mass is 9.84. The van der Waals surface area contributed by atoms with Gasteiger partial charge < -0.3 is 9.73 Å². The highest BCUT2D eigenvalue weighted by Gasteiger charge is 2.23. The Balaban J connectivity index is 1.87. The summed E-state index contributed by atoms with van der Waals surface area (Å²) < 4.78 is 5.36. The van der Waals surface area contributed by atoms with Crippen LogP contribution >= 0.6 is 11.8 Å². The van der Waals surface area contributed by atoms with Gasteiger partial charge in [-0.2, -0.15) is 0 Å². The number of nitrogens with one attached hydrogen (secondary N) is 1. The topological polar surface area (TPSA) is 25.2 Å². The molecule has 0 amide bonds. The summed E-state index contributed by atoms with van der Waals surface area (Å²) in [6.07, 6.45) is 8.87. The molecule has 1 fully saturated rings. The fraction of sp³-hybridized carbons (Fsp3) is 0.733. The zero-order valence-corrected chi connectivity index (χ0v) is 12.4. The summed E-state index contributed by atoms with van der Waals surface area (Å²) in [6.45, 7) is 5.33. The number of rotatable bonds is 6. The van der Waals surface area contributed by atoms with Crippen molar-refractivity contribution < 1.29 is 4.42 Å². The van der Waals surface area contributed by atoms with Crippen LogP contribution in [0, 0.1) is 12.8 Å². The second kappa shape index (κ2) is 7.25. The number of hydrogen-bond acceptors (Lipinski definition) is 3. The standard InChI is InChI=1S/C15H25NOS/c1-3-16-14(13-7-5-4-6-8-13)11-18-15-9-10-17-12(15)2/h9-10,13-14,16H,3-8,11H2,1-2H3. The third kappa shape index (κ3) is 3.79. The van der Waals surface area contributed by atoms with Gasteiger partial charge in [0.2, 0.25) is 0 Å². The van der Waals surface area contributed by atoms with E-state index in [0.717, 1.165) is 18.2 Å². The lowest BCUT2D eigenvalue weighted by molar-refractivity contribution is 0.288. The highest BCUT2D eigenvalue weighted by molar-refractivity contribution is 7.99. The second-order valence-corrected chi connectivity index (χ2v) is 6.28. The molecule has 1 aliphatic rings. The van der Waals surface area contributed by atoms with Gasteiger partial charge in [-0.3, -0.25) is 0 Å². The Morgan fingerprint density at radius 3 is 2.78 bits per heavy atom. The highest BCUT2D eigenvalue weighted by Crippen LogP contribution is 2.30. The minimum absolute atomic E-state index is 0.662. The zero-order chi connectivity index (χ0) is 12.8. The summed E-state index contributed by atoms with van der Waals surface area (Å²) in [7, 11) is 0. The van der Waals surface area contributed by atoms with E-state index in [4.69, 9.17) is 4.42 Å². The molecule has 2 nitrogen and oxygen atoms in total. The largest absolute Gasteiger partial charge is 0.468 e. The normalized spacial score (nSPS) is 19.0. The van der Waals surface area contributed by atoms with Gasteiger partial charge in [-0.05, 0) is 38.3 Å². The van der Waals surface area contributed by atoms with E-state index in [2.05, 4.69) is 18.3 Å². The fourth-order valence-corrected chi connectivity index (χ4v) is 4.02. The lowest BCUT2D eigenvalue weighted by Gasteiger charge is -2.30. The van der Waals surface area contributed by atoms with Crippen molar-refractivity contribution >= 4 is 11.8 Å². The van der Waals surface area contributed by atoms with Crippen LogP contribution in [-0.4, -0.2) is 18.3 Å². The van der Waals surface area contributed by atoms with Crippen LogP contribution in [0.2, 0.25) is 0 Å². The van der Waals surface area contributed by atoms with Crippen molar-refractivity contribution in [3.63, 3.8) is 0 Å². The minimum Gasteiger partial charge on any atom is -0.468 e. The maximum atomic E-state index is 5.36. The highest BCUT2D eigenvalue weighted by atomic mass is 32.2. The fourth-order valence-electron chi connectivity index (χ4n) is 2.86. The van der Waals surface area contributed by atoms with Crippen molar-refractivity contribution in [1.82, 2.24) is 5.32 Å². The first-order valence-electron chi connectivity index (χ1n) is 7.21. The Morgan fingerprint density at radius 1 is 1.39 bits per heavy atom. The van der Waals surface area contributed by atoms with Gasteiger partial charge in [-0.15, -0.1) is 11.8 Å². The summed E-state index contributed by atoms with van der Waals surface area (Å²) in [6, 6.07) is 2.75. The van der Waals surface area contributed by atoms with Crippen molar-refractivity contribution in [2.24, 2.45) is 5.92 Å². The summed E-state index contributed by atoms with van der Waals surface area (Å²) in [5.74, 6) is 3.09. The average molecular weight is 267 g/mol. The van der Waals surface area contributed by atoms with Gasteiger partial charge in [0.15, 0.2) is 0 Å². The molecule has 0 saturated heterocycles. The smallest absolute Gasteiger partial charge is 0.114 e. The third-order valence-electron chi connectivity index (χ3n) is 3.91. The predicted molar refractivity (Wildman–Crippen MR) is 78.2 cm³/mol. The monoisotopic (exact) mass is 267 g/mol. The van der Waals surface area contributed by atoms with E-state index in [-0.39, 0.29) is 0 Å². The molecule has 18 heavy (non-hydrogen) atoms. The molecular formula is C15H25NOS. The van der Waals surface area contributed by atoms with Crippen molar-refractivity contribution in [3.8, 4) is 0 Å². The molecular weight excluding hydrogens is 242 g/mol. The summed E-state index contributed by atoms with van der Waals surface area (Å²) >= 11 is 1.94. The molecule has 1 N–H and O–H groups in total. The van der Waals surface area contributed by atoms with Crippen LogP contribution in [0.3, 0.4) is 0 Å². The maximum absolute atomic E-state index is 5.36. The molecule has 3 heteroatoms. The molecule has 0 aromatic carbocycles. The molecule has 1 saturated carbocycles. The quantitative estimate of drug-likeness (QED) is 0.781. The first kappa shape index (κ1) is 14.0. The van der Waals surface area contributed by atoms with Crippen LogP contribution < -0.4 is 5.32 Å². The first-order chi connectivity index (χ1) is 8.81. The number of aryl methyl sites for hydroxylation is 1. The number of hydrogen-bond donors (Lipinski definition) is 1. The Hall–Kier alpha value is -0.410. The molecule has 0 bridgehead atoms. The van der Waals surface area contributed by atoms with E-state index >= 15 is 0 Å². The van der Waals surface area contributed by atoms with Gasteiger partial charge in [0.05, 0.1) is 6.26 Å². The van der Waals surface area contributed by atoms with E-state index in [0.29, 0.717) is 6.04 Å². The predicted octanol–water partition coefficient (Wildman–Crippen LogP) is 4.24. The Labute approximate surface area is 115 Å². The van der Waals surface area contributed by atoms with Crippen LogP contribution in [-0.2, 0) is 0 Å². The van der Waals surface area contributed by atoms with Crippen molar-refractivity contribution in [2.45, 2.75) is 56.9 Å². The van der Waals surface area contributed by atoms with Gasteiger partial charge in [-0.1, -0.05) is 26.2 Å². The molecule has 1 atom stereocenters. The van der Waals surface area contributed by atoms with Gasteiger partial charge >= 0.3 is 0 Å².